The maximum atomic E-state index is 10.9. The second kappa shape index (κ2) is 3.63. The van der Waals surface area contributed by atoms with Crippen molar-refractivity contribution in [3.8, 4) is 11.4 Å². The van der Waals surface area contributed by atoms with Crippen LogP contribution in [0, 0.1) is 0 Å². The average molecular weight is 246 g/mol. The van der Waals surface area contributed by atoms with Crippen LogP contribution in [0.15, 0.2) is 30.7 Å². The van der Waals surface area contributed by atoms with Crippen molar-refractivity contribution in [2.24, 2.45) is 0 Å². The molecule has 0 aromatic carbocycles. The quantitative estimate of drug-likeness (QED) is 0.742. The monoisotopic (exact) mass is 246 g/mol. The summed E-state index contributed by atoms with van der Waals surface area (Å²) in [7, 11) is 0. The Balaban J connectivity index is 2.21. The molecular formula is C10H6N4O2S. The molecule has 0 atom stereocenters. The van der Waals surface area contributed by atoms with Gasteiger partial charge in [0.15, 0.2) is 5.82 Å². The van der Waals surface area contributed by atoms with Crippen molar-refractivity contribution in [2.45, 2.75) is 0 Å². The highest BCUT2D eigenvalue weighted by molar-refractivity contribution is 7.18. The summed E-state index contributed by atoms with van der Waals surface area (Å²) < 4.78 is 1.66. The second-order valence-electron chi connectivity index (χ2n) is 3.32. The van der Waals surface area contributed by atoms with Gasteiger partial charge in [-0.25, -0.2) is 4.79 Å². The number of aromatic nitrogens is 4. The molecule has 3 aromatic heterocycles. The van der Waals surface area contributed by atoms with Crippen molar-refractivity contribution >= 4 is 22.3 Å². The van der Waals surface area contributed by atoms with Gasteiger partial charge in [-0.2, -0.15) is 0 Å². The van der Waals surface area contributed by atoms with Crippen LogP contribution in [0.2, 0.25) is 0 Å². The van der Waals surface area contributed by atoms with Gasteiger partial charge in [-0.05, 0) is 12.1 Å². The number of thiazole rings is 1. The van der Waals surface area contributed by atoms with Gasteiger partial charge in [0.25, 0.3) is 0 Å². The molecule has 7 heteroatoms. The number of nitrogens with zero attached hydrogens (tertiary/aromatic N) is 4. The summed E-state index contributed by atoms with van der Waals surface area (Å²) >= 11 is 1.09. The van der Waals surface area contributed by atoms with Crippen LogP contribution in [0.5, 0.6) is 0 Å². The van der Waals surface area contributed by atoms with Crippen LogP contribution in [-0.4, -0.2) is 30.7 Å². The SMILES string of the molecule is O=C(O)c1cn2c(-c3cccnc3)nnc2s1. The Labute approximate surface area is 99.2 Å². The number of hydrogen-bond acceptors (Lipinski definition) is 5. The average Bonchev–Trinajstić information content (AvgIpc) is 2.89. The van der Waals surface area contributed by atoms with E-state index in [1.165, 1.54) is 6.20 Å². The summed E-state index contributed by atoms with van der Waals surface area (Å²) in [5.41, 5.74) is 0.801. The molecule has 0 aliphatic rings. The van der Waals surface area contributed by atoms with Gasteiger partial charge in [-0.1, -0.05) is 11.3 Å². The molecule has 0 spiro atoms. The van der Waals surface area contributed by atoms with Crippen LogP contribution in [0.25, 0.3) is 16.3 Å². The maximum absolute atomic E-state index is 10.9. The minimum atomic E-state index is -0.961. The first-order valence-corrected chi connectivity index (χ1v) is 5.55. The molecule has 3 heterocycles. The molecule has 0 aliphatic carbocycles. The topological polar surface area (TPSA) is 80.4 Å². The number of carbonyl (C=O) groups is 1. The highest BCUT2D eigenvalue weighted by atomic mass is 32.1. The third-order valence-corrected chi connectivity index (χ3v) is 3.20. The van der Waals surface area contributed by atoms with E-state index >= 15 is 0 Å². The molecular weight excluding hydrogens is 240 g/mol. The number of carboxylic acid groups (broad SMARTS) is 1. The molecule has 3 aromatic rings. The highest BCUT2D eigenvalue weighted by Crippen LogP contribution is 2.22. The standard InChI is InChI=1S/C10H6N4O2S/c15-9(16)7-5-14-8(12-13-10(14)17-7)6-2-1-3-11-4-6/h1-5H,(H,15,16). The molecule has 0 saturated heterocycles. The van der Waals surface area contributed by atoms with E-state index in [9.17, 15) is 4.79 Å². The summed E-state index contributed by atoms with van der Waals surface area (Å²) in [5.74, 6) is -0.366. The van der Waals surface area contributed by atoms with Gasteiger partial charge in [-0.15, -0.1) is 10.2 Å². The Kier molecular flexibility index (Phi) is 2.12. The first-order valence-electron chi connectivity index (χ1n) is 4.74. The largest absolute Gasteiger partial charge is 0.477 e. The van der Waals surface area contributed by atoms with Crippen molar-refractivity contribution in [1.29, 1.82) is 0 Å². The van der Waals surface area contributed by atoms with Gasteiger partial charge in [0, 0.05) is 24.2 Å². The Morgan fingerprint density at radius 2 is 2.29 bits per heavy atom. The Morgan fingerprint density at radius 1 is 1.41 bits per heavy atom. The minimum Gasteiger partial charge on any atom is -0.477 e. The predicted octanol–water partition coefficient (Wildman–Crippen LogP) is 1.55. The van der Waals surface area contributed by atoms with Crippen LogP contribution in [-0.2, 0) is 0 Å². The van der Waals surface area contributed by atoms with Crippen molar-refractivity contribution in [2.75, 3.05) is 0 Å². The van der Waals surface area contributed by atoms with Gasteiger partial charge in [0.2, 0.25) is 4.96 Å². The van der Waals surface area contributed by atoms with E-state index in [1.807, 2.05) is 6.07 Å². The van der Waals surface area contributed by atoms with Crippen LogP contribution < -0.4 is 0 Å². The summed E-state index contributed by atoms with van der Waals surface area (Å²) in [4.78, 5) is 15.6. The fourth-order valence-electron chi connectivity index (χ4n) is 1.50. The molecule has 0 bridgehead atoms. The Morgan fingerprint density at radius 3 is 3.00 bits per heavy atom. The summed E-state index contributed by atoms with van der Waals surface area (Å²) in [6.45, 7) is 0. The molecule has 0 unspecified atom stereocenters. The number of pyridine rings is 1. The molecule has 0 amide bonds. The van der Waals surface area contributed by atoms with E-state index in [-0.39, 0.29) is 4.88 Å². The third kappa shape index (κ3) is 1.56. The molecule has 84 valence electrons. The van der Waals surface area contributed by atoms with Gasteiger partial charge in [0.05, 0.1) is 0 Å². The van der Waals surface area contributed by atoms with Crippen LogP contribution >= 0.6 is 11.3 Å². The van der Waals surface area contributed by atoms with Gasteiger partial charge in [-0.3, -0.25) is 9.38 Å². The number of carboxylic acids is 1. The van der Waals surface area contributed by atoms with Gasteiger partial charge < -0.3 is 5.11 Å². The van der Waals surface area contributed by atoms with E-state index < -0.39 is 5.97 Å². The van der Waals surface area contributed by atoms with Crippen molar-refractivity contribution in [1.82, 2.24) is 19.6 Å². The third-order valence-electron chi connectivity index (χ3n) is 2.24. The molecule has 0 saturated carbocycles. The normalized spacial score (nSPS) is 10.8. The van der Waals surface area contributed by atoms with Crippen molar-refractivity contribution < 1.29 is 9.90 Å². The van der Waals surface area contributed by atoms with Gasteiger partial charge >= 0.3 is 5.97 Å². The number of aromatic carboxylic acids is 1. The summed E-state index contributed by atoms with van der Waals surface area (Å²) in [6, 6.07) is 3.64. The fraction of sp³-hybridized carbons (Fsp3) is 0. The number of fused-ring (bicyclic) bond motifs is 1. The molecule has 6 nitrogen and oxygen atoms in total. The first-order chi connectivity index (χ1) is 8.25. The van der Waals surface area contributed by atoms with E-state index in [1.54, 1.807) is 22.9 Å². The van der Waals surface area contributed by atoms with Crippen molar-refractivity contribution in [3.05, 3.63) is 35.6 Å². The predicted molar refractivity (Wildman–Crippen MR) is 61.1 cm³/mol. The molecule has 0 radical (unpaired) electrons. The lowest BCUT2D eigenvalue weighted by Gasteiger charge is -1.94. The van der Waals surface area contributed by atoms with E-state index in [0.29, 0.717) is 10.8 Å². The van der Waals surface area contributed by atoms with E-state index in [4.69, 9.17) is 5.11 Å². The fourth-order valence-corrected chi connectivity index (χ4v) is 2.26. The maximum Gasteiger partial charge on any atom is 0.347 e. The van der Waals surface area contributed by atoms with Crippen LogP contribution in [0.1, 0.15) is 9.67 Å². The molecule has 1 N–H and O–H groups in total. The number of rotatable bonds is 2. The molecule has 0 aliphatic heterocycles. The molecule has 0 fully saturated rings. The smallest absolute Gasteiger partial charge is 0.347 e. The van der Waals surface area contributed by atoms with Crippen molar-refractivity contribution in [3.63, 3.8) is 0 Å². The lowest BCUT2D eigenvalue weighted by molar-refractivity contribution is 0.0702. The first kappa shape index (κ1) is 9.91. The zero-order chi connectivity index (χ0) is 11.8. The minimum absolute atomic E-state index is 0.236. The molecule has 3 rings (SSSR count). The van der Waals surface area contributed by atoms with E-state index in [0.717, 1.165) is 16.9 Å². The zero-order valence-electron chi connectivity index (χ0n) is 8.44. The van der Waals surface area contributed by atoms with Crippen LogP contribution in [0.3, 0.4) is 0 Å². The van der Waals surface area contributed by atoms with Gasteiger partial charge in [0.1, 0.15) is 4.88 Å². The zero-order valence-corrected chi connectivity index (χ0v) is 9.26. The Bertz CT molecular complexity index is 689. The van der Waals surface area contributed by atoms with Crippen LogP contribution in [0.4, 0.5) is 0 Å². The molecule has 17 heavy (non-hydrogen) atoms. The lowest BCUT2D eigenvalue weighted by Crippen LogP contribution is -1.92. The second-order valence-corrected chi connectivity index (χ2v) is 4.33. The lowest BCUT2D eigenvalue weighted by atomic mass is 10.3. The summed E-state index contributed by atoms with van der Waals surface area (Å²) in [5, 5.41) is 16.9. The number of hydrogen-bond donors (Lipinski definition) is 1. The Hall–Kier alpha value is -2.28. The summed E-state index contributed by atoms with van der Waals surface area (Å²) in [6.07, 6.45) is 4.84. The van der Waals surface area contributed by atoms with E-state index in [2.05, 4.69) is 15.2 Å². The highest BCUT2D eigenvalue weighted by Gasteiger charge is 2.14.